The van der Waals surface area contributed by atoms with E-state index in [4.69, 9.17) is 0 Å². The van der Waals surface area contributed by atoms with Crippen molar-refractivity contribution in [2.75, 3.05) is 33.2 Å². The van der Waals surface area contributed by atoms with Crippen LogP contribution in [0.25, 0.3) is 0 Å². The molecule has 4 heteroatoms. The molecule has 0 amide bonds. The van der Waals surface area contributed by atoms with Crippen LogP contribution in [-0.2, 0) is 4.79 Å². The first-order valence-electron chi connectivity index (χ1n) is 7.60. The normalized spacial score (nSPS) is 18.7. The standard InChI is InChI=1S/C17H26N2O2/c1-12-9-13(2)17(14(3)10-12)15(11-16(20)21)19-7-5-18(4)6-8-19/h9-10,15H,5-8,11H2,1-4H3,(H,20,21). The van der Waals surface area contributed by atoms with Gasteiger partial charge in [-0.05, 0) is 44.5 Å². The Hall–Kier alpha value is -1.39. The first-order chi connectivity index (χ1) is 9.88. The lowest BCUT2D eigenvalue weighted by atomic mass is 9.91. The molecule has 0 aromatic heterocycles. The first-order valence-corrected chi connectivity index (χ1v) is 7.60. The van der Waals surface area contributed by atoms with E-state index in [0.29, 0.717) is 0 Å². The molecule has 1 unspecified atom stereocenters. The maximum Gasteiger partial charge on any atom is 0.305 e. The highest BCUT2D eigenvalue weighted by Gasteiger charge is 2.28. The number of hydrogen-bond acceptors (Lipinski definition) is 3. The zero-order valence-electron chi connectivity index (χ0n) is 13.5. The molecule has 2 rings (SSSR count). The van der Waals surface area contributed by atoms with Gasteiger partial charge in [0.1, 0.15) is 0 Å². The summed E-state index contributed by atoms with van der Waals surface area (Å²) in [5.74, 6) is -0.724. The van der Waals surface area contributed by atoms with Crippen molar-refractivity contribution in [1.82, 2.24) is 9.80 Å². The van der Waals surface area contributed by atoms with Crippen LogP contribution in [0, 0.1) is 20.8 Å². The number of benzene rings is 1. The fraction of sp³-hybridized carbons (Fsp3) is 0.588. The Morgan fingerprint density at radius 1 is 1.14 bits per heavy atom. The van der Waals surface area contributed by atoms with Gasteiger partial charge in [0.05, 0.1) is 6.42 Å². The quantitative estimate of drug-likeness (QED) is 0.924. The minimum atomic E-state index is -0.724. The maximum atomic E-state index is 11.3. The molecule has 1 N–H and O–H groups in total. The molecule has 0 saturated carbocycles. The summed E-state index contributed by atoms with van der Waals surface area (Å²) in [5, 5.41) is 9.33. The van der Waals surface area contributed by atoms with Crippen molar-refractivity contribution in [3.63, 3.8) is 0 Å². The predicted molar refractivity (Wildman–Crippen MR) is 84.7 cm³/mol. The van der Waals surface area contributed by atoms with Gasteiger partial charge in [-0.25, -0.2) is 0 Å². The number of carboxylic acids is 1. The molecule has 4 nitrogen and oxygen atoms in total. The molecule has 1 aliphatic rings. The number of rotatable bonds is 4. The summed E-state index contributed by atoms with van der Waals surface area (Å²) in [7, 11) is 2.12. The van der Waals surface area contributed by atoms with E-state index in [-0.39, 0.29) is 12.5 Å². The third-order valence-electron chi connectivity index (χ3n) is 4.42. The second-order valence-electron chi connectivity index (χ2n) is 6.27. The van der Waals surface area contributed by atoms with Crippen LogP contribution in [-0.4, -0.2) is 54.1 Å². The van der Waals surface area contributed by atoms with Crippen LogP contribution in [0.2, 0.25) is 0 Å². The van der Waals surface area contributed by atoms with Crippen molar-refractivity contribution < 1.29 is 9.90 Å². The summed E-state index contributed by atoms with van der Waals surface area (Å²) in [6, 6.07) is 4.30. The molecule has 1 fully saturated rings. The molecule has 1 heterocycles. The van der Waals surface area contributed by atoms with Gasteiger partial charge in [-0.2, -0.15) is 0 Å². The number of likely N-dealkylation sites (N-methyl/N-ethyl adjacent to an activating group) is 1. The summed E-state index contributed by atoms with van der Waals surface area (Å²) in [6.45, 7) is 10.1. The molecule has 0 radical (unpaired) electrons. The van der Waals surface area contributed by atoms with Gasteiger partial charge in [0.15, 0.2) is 0 Å². The number of hydrogen-bond donors (Lipinski definition) is 1. The van der Waals surface area contributed by atoms with Crippen LogP contribution in [0.3, 0.4) is 0 Å². The van der Waals surface area contributed by atoms with Crippen LogP contribution >= 0.6 is 0 Å². The lowest BCUT2D eigenvalue weighted by Crippen LogP contribution is -2.46. The third kappa shape index (κ3) is 3.83. The van der Waals surface area contributed by atoms with E-state index < -0.39 is 5.97 Å². The second kappa shape index (κ2) is 6.58. The Bertz CT molecular complexity index is 497. The van der Waals surface area contributed by atoms with Gasteiger partial charge in [-0.3, -0.25) is 9.69 Å². The largest absolute Gasteiger partial charge is 0.481 e. The van der Waals surface area contributed by atoms with Crippen LogP contribution < -0.4 is 0 Å². The maximum absolute atomic E-state index is 11.3. The molecule has 0 spiro atoms. The van der Waals surface area contributed by atoms with E-state index >= 15 is 0 Å². The van der Waals surface area contributed by atoms with Crippen LogP contribution in [0.5, 0.6) is 0 Å². The number of piperazine rings is 1. The van der Waals surface area contributed by atoms with E-state index in [1.165, 1.54) is 22.3 Å². The van der Waals surface area contributed by atoms with Gasteiger partial charge in [0.25, 0.3) is 0 Å². The van der Waals surface area contributed by atoms with E-state index in [0.717, 1.165) is 26.2 Å². The Kier molecular flexibility index (Phi) is 5.01. The average Bonchev–Trinajstić information content (AvgIpc) is 2.37. The molecule has 1 aromatic rings. The predicted octanol–water partition coefficient (Wildman–Crippen LogP) is 2.38. The van der Waals surface area contributed by atoms with Crippen molar-refractivity contribution >= 4 is 5.97 Å². The van der Waals surface area contributed by atoms with Gasteiger partial charge in [-0.1, -0.05) is 17.7 Å². The van der Waals surface area contributed by atoms with E-state index in [9.17, 15) is 9.90 Å². The van der Waals surface area contributed by atoms with Gasteiger partial charge >= 0.3 is 5.97 Å². The van der Waals surface area contributed by atoms with Crippen LogP contribution in [0.1, 0.15) is 34.7 Å². The summed E-state index contributed by atoms with van der Waals surface area (Å²) < 4.78 is 0. The Morgan fingerprint density at radius 2 is 1.67 bits per heavy atom. The molecule has 1 aliphatic heterocycles. The highest BCUT2D eigenvalue weighted by Crippen LogP contribution is 2.31. The van der Waals surface area contributed by atoms with Crippen molar-refractivity contribution in [2.24, 2.45) is 0 Å². The molecule has 1 atom stereocenters. The van der Waals surface area contributed by atoms with Crippen molar-refractivity contribution in [3.05, 3.63) is 34.4 Å². The molecule has 1 saturated heterocycles. The highest BCUT2D eigenvalue weighted by atomic mass is 16.4. The van der Waals surface area contributed by atoms with E-state index in [1.807, 2.05) is 0 Å². The summed E-state index contributed by atoms with van der Waals surface area (Å²) in [4.78, 5) is 16.0. The van der Waals surface area contributed by atoms with E-state index in [1.54, 1.807) is 0 Å². The molecular formula is C17H26N2O2. The molecule has 21 heavy (non-hydrogen) atoms. The summed E-state index contributed by atoms with van der Waals surface area (Å²) in [6.07, 6.45) is 0.175. The monoisotopic (exact) mass is 290 g/mol. The second-order valence-corrected chi connectivity index (χ2v) is 6.27. The van der Waals surface area contributed by atoms with Gasteiger partial charge in [0.2, 0.25) is 0 Å². The van der Waals surface area contributed by atoms with Gasteiger partial charge in [0, 0.05) is 32.2 Å². The first kappa shape index (κ1) is 16.0. The zero-order chi connectivity index (χ0) is 15.6. The molecule has 0 bridgehead atoms. The average molecular weight is 290 g/mol. The number of carboxylic acid groups (broad SMARTS) is 1. The Labute approximate surface area is 127 Å². The minimum absolute atomic E-state index is 0.0169. The fourth-order valence-corrected chi connectivity index (χ4v) is 3.43. The number of carbonyl (C=O) groups is 1. The van der Waals surface area contributed by atoms with E-state index in [2.05, 4.69) is 49.8 Å². The number of aliphatic carboxylic acids is 1. The number of nitrogens with zero attached hydrogens (tertiary/aromatic N) is 2. The topological polar surface area (TPSA) is 43.8 Å². The SMILES string of the molecule is Cc1cc(C)c(C(CC(=O)O)N2CCN(C)CC2)c(C)c1. The molecule has 0 aliphatic carbocycles. The fourth-order valence-electron chi connectivity index (χ4n) is 3.43. The van der Waals surface area contributed by atoms with Crippen molar-refractivity contribution in [3.8, 4) is 0 Å². The van der Waals surface area contributed by atoms with Crippen molar-refractivity contribution in [1.29, 1.82) is 0 Å². The van der Waals surface area contributed by atoms with Gasteiger partial charge < -0.3 is 10.0 Å². The Balaban J connectivity index is 2.34. The molecule has 1 aromatic carbocycles. The van der Waals surface area contributed by atoms with Gasteiger partial charge in [-0.15, -0.1) is 0 Å². The zero-order valence-corrected chi connectivity index (χ0v) is 13.5. The Morgan fingerprint density at radius 3 is 2.14 bits per heavy atom. The molecular weight excluding hydrogens is 264 g/mol. The summed E-state index contributed by atoms with van der Waals surface area (Å²) >= 11 is 0. The van der Waals surface area contributed by atoms with Crippen molar-refractivity contribution in [2.45, 2.75) is 33.2 Å². The van der Waals surface area contributed by atoms with Crippen LogP contribution in [0.15, 0.2) is 12.1 Å². The molecule has 116 valence electrons. The number of aryl methyl sites for hydroxylation is 3. The third-order valence-corrected chi connectivity index (χ3v) is 4.42. The smallest absolute Gasteiger partial charge is 0.305 e. The minimum Gasteiger partial charge on any atom is -0.481 e. The lowest BCUT2D eigenvalue weighted by molar-refractivity contribution is -0.138. The summed E-state index contributed by atoms with van der Waals surface area (Å²) in [5.41, 5.74) is 4.85. The lowest BCUT2D eigenvalue weighted by Gasteiger charge is -2.38. The highest BCUT2D eigenvalue weighted by molar-refractivity contribution is 5.68. The van der Waals surface area contributed by atoms with Crippen LogP contribution in [0.4, 0.5) is 0 Å².